The summed E-state index contributed by atoms with van der Waals surface area (Å²) in [5.41, 5.74) is -0.286. The number of pyridine rings is 1. The summed E-state index contributed by atoms with van der Waals surface area (Å²) in [6.45, 7) is 9.90. The number of H-pyrrole nitrogens is 1. The number of aromatic nitrogens is 4. The molecule has 1 aliphatic rings. The molecule has 39 heavy (non-hydrogen) atoms. The van der Waals surface area contributed by atoms with Gasteiger partial charge in [0.2, 0.25) is 9.84 Å². The van der Waals surface area contributed by atoms with Crippen LogP contribution in [0.4, 0.5) is 4.79 Å². The molecule has 0 spiro atoms. The van der Waals surface area contributed by atoms with Crippen molar-refractivity contribution in [3.63, 3.8) is 0 Å². The molecular weight excluding hydrogens is 518 g/mol. The third kappa shape index (κ3) is 5.38. The van der Waals surface area contributed by atoms with E-state index in [4.69, 9.17) is 9.72 Å². The van der Waals surface area contributed by atoms with E-state index in [9.17, 15) is 18.3 Å². The molecule has 5 rings (SSSR count). The summed E-state index contributed by atoms with van der Waals surface area (Å²) in [5.74, 6) is 0.577. The summed E-state index contributed by atoms with van der Waals surface area (Å²) in [7, 11) is -3.99. The molecule has 1 amide bonds. The fraction of sp³-hybridized carbons (Fsp3) is 0.464. The van der Waals surface area contributed by atoms with Crippen molar-refractivity contribution in [2.75, 3.05) is 13.1 Å². The summed E-state index contributed by atoms with van der Waals surface area (Å²) in [4.78, 5) is 26.9. The van der Waals surface area contributed by atoms with Crippen LogP contribution in [0.25, 0.3) is 22.1 Å². The van der Waals surface area contributed by atoms with Crippen LogP contribution in [0.5, 0.6) is 0 Å². The van der Waals surface area contributed by atoms with Crippen molar-refractivity contribution in [2.24, 2.45) is 0 Å². The van der Waals surface area contributed by atoms with E-state index in [0.29, 0.717) is 42.9 Å². The van der Waals surface area contributed by atoms with Gasteiger partial charge >= 0.3 is 6.09 Å². The second-order valence-corrected chi connectivity index (χ2v) is 13.6. The number of rotatable bonds is 5. The Balaban J connectivity index is 1.65. The summed E-state index contributed by atoms with van der Waals surface area (Å²) >= 11 is 0. The second kappa shape index (κ2) is 9.63. The number of ether oxygens (including phenoxy) is 1. The standard InChI is InChI=1S/C28H35N5O5S/c1-27(2,3)38-26(34)32-15-12-18(13-16-32)33-21(17-28(4,5)35)30-22-23(33)20-11-14-29-24(20)31-25(22)39(36,37)19-9-7-6-8-10-19/h6-11,14,18,35H,12-13,15-17H2,1-5H3,(H,29,31). The lowest BCUT2D eigenvalue weighted by Gasteiger charge is -2.35. The topological polar surface area (TPSA) is 130 Å². The Morgan fingerprint density at radius 3 is 2.36 bits per heavy atom. The van der Waals surface area contributed by atoms with Crippen molar-refractivity contribution in [2.45, 2.75) is 81.0 Å². The predicted octanol–water partition coefficient (Wildman–Crippen LogP) is 4.63. The van der Waals surface area contributed by atoms with Crippen LogP contribution < -0.4 is 0 Å². The van der Waals surface area contributed by atoms with Gasteiger partial charge in [-0.2, -0.15) is 0 Å². The highest BCUT2D eigenvalue weighted by molar-refractivity contribution is 7.91. The average molecular weight is 554 g/mol. The molecule has 1 aliphatic heterocycles. The first-order valence-electron chi connectivity index (χ1n) is 13.1. The molecular formula is C28H35N5O5S. The van der Waals surface area contributed by atoms with E-state index in [2.05, 4.69) is 14.5 Å². The van der Waals surface area contributed by atoms with Crippen molar-refractivity contribution in [3.05, 3.63) is 48.4 Å². The minimum atomic E-state index is -3.99. The van der Waals surface area contributed by atoms with Crippen molar-refractivity contribution in [3.8, 4) is 0 Å². The Morgan fingerprint density at radius 2 is 1.74 bits per heavy atom. The Labute approximate surface area is 227 Å². The van der Waals surface area contributed by atoms with Crippen molar-refractivity contribution in [1.82, 2.24) is 24.4 Å². The molecule has 4 heterocycles. The van der Waals surface area contributed by atoms with Gasteiger partial charge in [-0.3, -0.25) is 0 Å². The van der Waals surface area contributed by atoms with Crippen LogP contribution in [0.1, 0.15) is 59.3 Å². The molecule has 1 saturated heterocycles. The summed E-state index contributed by atoms with van der Waals surface area (Å²) in [5, 5.41) is 11.4. The van der Waals surface area contributed by atoms with Crippen LogP contribution in [0.3, 0.4) is 0 Å². The zero-order valence-electron chi connectivity index (χ0n) is 22.9. The number of aromatic amines is 1. The van der Waals surface area contributed by atoms with Gasteiger partial charge in [0, 0.05) is 37.1 Å². The van der Waals surface area contributed by atoms with Gasteiger partial charge in [-0.05, 0) is 65.7 Å². The number of hydrogen-bond donors (Lipinski definition) is 2. The minimum absolute atomic E-state index is 0.0705. The number of imidazole rings is 1. The van der Waals surface area contributed by atoms with Crippen LogP contribution in [0, 0.1) is 0 Å². The van der Waals surface area contributed by atoms with Gasteiger partial charge in [0.05, 0.1) is 16.0 Å². The van der Waals surface area contributed by atoms with E-state index in [-0.39, 0.29) is 34.0 Å². The van der Waals surface area contributed by atoms with Crippen LogP contribution >= 0.6 is 0 Å². The number of nitrogens with one attached hydrogen (secondary N) is 1. The molecule has 11 heteroatoms. The van der Waals surface area contributed by atoms with Gasteiger partial charge in [-0.15, -0.1) is 0 Å². The number of nitrogens with zero attached hydrogens (tertiary/aromatic N) is 4. The van der Waals surface area contributed by atoms with Crippen molar-refractivity contribution < 1.29 is 23.1 Å². The summed E-state index contributed by atoms with van der Waals surface area (Å²) < 4.78 is 35.2. The van der Waals surface area contributed by atoms with Gasteiger partial charge < -0.3 is 24.3 Å². The van der Waals surface area contributed by atoms with Crippen LogP contribution in [0.15, 0.2) is 52.5 Å². The number of sulfone groups is 1. The molecule has 0 radical (unpaired) electrons. The van der Waals surface area contributed by atoms with E-state index >= 15 is 0 Å². The van der Waals surface area contributed by atoms with Crippen molar-refractivity contribution in [1.29, 1.82) is 0 Å². The first-order chi connectivity index (χ1) is 18.2. The monoisotopic (exact) mass is 553 g/mol. The van der Waals surface area contributed by atoms with Crippen LogP contribution in [0.2, 0.25) is 0 Å². The lowest BCUT2D eigenvalue weighted by Crippen LogP contribution is -2.42. The molecule has 0 saturated carbocycles. The Hall–Kier alpha value is -3.44. The zero-order valence-corrected chi connectivity index (χ0v) is 23.7. The fourth-order valence-electron chi connectivity index (χ4n) is 5.12. The number of carbonyl (C=O) groups is 1. The van der Waals surface area contributed by atoms with E-state index in [1.807, 2.05) is 26.8 Å². The number of benzene rings is 1. The quantitative estimate of drug-likeness (QED) is 0.368. The molecule has 0 unspecified atom stereocenters. The summed E-state index contributed by atoms with van der Waals surface area (Å²) in [6.07, 6.45) is 2.84. The highest BCUT2D eigenvalue weighted by Crippen LogP contribution is 2.37. The molecule has 10 nitrogen and oxygen atoms in total. The molecule has 0 bridgehead atoms. The maximum Gasteiger partial charge on any atom is 0.410 e. The number of hydrogen-bond acceptors (Lipinski definition) is 7. The fourth-order valence-corrected chi connectivity index (χ4v) is 6.47. The highest BCUT2D eigenvalue weighted by Gasteiger charge is 2.34. The largest absolute Gasteiger partial charge is 0.444 e. The first-order valence-corrected chi connectivity index (χ1v) is 14.6. The number of fused-ring (bicyclic) bond motifs is 3. The SMILES string of the molecule is CC(C)(O)Cc1nc2c(S(=O)(=O)c3ccccc3)nc3[nH]ccc3c2n1C1CCN(C(=O)OC(C)(C)C)CC1. The summed E-state index contributed by atoms with van der Waals surface area (Å²) in [6, 6.07) is 9.99. The molecule has 3 aromatic heterocycles. The van der Waals surface area contributed by atoms with Crippen LogP contribution in [-0.2, 0) is 21.0 Å². The number of carbonyl (C=O) groups excluding carboxylic acids is 1. The second-order valence-electron chi connectivity index (χ2n) is 11.8. The Morgan fingerprint density at radius 1 is 1.08 bits per heavy atom. The lowest BCUT2D eigenvalue weighted by molar-refractivity contribution is 0.0188. The number of piperidine rings is 1. The zero-order chi connectivity index (χ0) is 28.2. The van der Waals surface area contributed by atoms with Gasteiger partial charge in [0.25, 0.3) is 0 Å². The first kappa shape index (κ1) is 27.1. The van der Waals surface area contributed by atoms with E-state index in [0.717, 1.165) is 5.39 Å². The lowest BCUT2D eigenvalue weighted by atomic mass is 10.0. The Kier molecular flexibility index (Phi) is 6.70. The number of amides is 1. The molecule has 0 atom stereocenters. The third-order valence-electron chi connectivity index (χ3n) is 6.76. The van der Waals surface area contributed by atoms with E-state index in [1.54, 1.807) is 55.3 Å². The predicted molar refractivity (Wildman–Crippen MR) is 147 cm³/mol. The molecule has 208 valence electrons. The third-order valence-corrected chi connectivity index (χ3v) is 8.45. The smallest absolute Gasteiger partial charge is 0.410 e. The van der Waals surface area contributed by atoms with Crippen molar-refractivity contribution >= 4 is 38.0 Å². The molecule has 1 aromatic carbocycles. The van der Waals surface area contributed by atoms with Gasteiger partial charge in [0.1, 0.15) is 22.6 Å². The normalized spacial score (nSPS) is 15.8. The van der Waals surface area contributed by atoms with Gasteiger partial charge in [0.15, 0.2) is 5.03 Å². The maximum atomic E-state index is 13.8. The maximum absolute atomic E-state index is 13.8. The molecule has 1 fully saturated rings. The average Bonchev–Trinajstić information content (AvgIpc) is 3.46. The highest BCUT2D eigenvalue weighted by atomic mass is 32.2. The van der Waals surface area contributed by atoms with Gasteiger partial charge in [-0.1, -0.05) is 18.2 Å². The molecule has 4 aromatic rings. The van der Waals surface area contributed by atoms with Crippen LogP contribution in [-0.4, -0.2) is 68.3 Å². The minimum Gasteiger partial charge on any atom is -0.444 e. The molecule has 2 N–H and O–H groups in total. The Bertz CT molecular complexity index is 1620. The van der Waals surface area contributed by atoms with Gasteiger partial charge in [-0.25, -0.2) is 23.2 Å². The van der Waals surface area contributed by atoms with E-state index in [1.165, 1.54) is 0 Å². The number of likely N-dealkylation sites (tertiary alicyclic amines) is 1. The molecule has 0 aliphatic carbocycles. The number of aliphatic hydroxyl groups is 1. The van der Waals surface area contributed by atoms with E-state index < -0.39 is 21.0 Å².